The van der Waals surface area contributed by atoms with Crippen LogP contribution in [0.3, 0.4) is 0 Å². The maximum Gasteiger partial charge on any atom is 0.227 e. The van der Waals surface area contributed by atoms with E-state index in [1.165, 1.54) is 16.8 Å². The molecule has 0 unspecified atom stereocenters. The van der Waals surface area contributed by atoms with Crippen molar-refractivity contribution in [3.8, 4) is 0 Å². The fourth-order valence-corrected chi connectivity index (χ4v) is 3.11. The molecule has 5 heteroatoms. The number of aryl methyl sites for hydroxylation is 2. The van der Waals surface area contributed by atoms with E-state index < -0.39 is 0 Å². The molecule has 0 bridgehead atoms. The van der Waals surface area contributed by atoms with Gasteiger partial charge in [0.05, 0.1) is 0 Å². The number of hydrogen-bond donors (Lipinski definition) is 1. The van der Waals surface area contributed by atoms with Crippen LogP contribution < -0.4 is 10.2 Å². The van der Waals surface area contributed by atoms with Crippen molar-refractivity contribution >= 4 is 17.5 Å². The highest BCUT2D eigenvalue weighted by Gasteiger charge is 2.17. The molecule has 1 fully saturated rings. The molecule has 0 amide bonds. The first-order valence-electron chi connectivity index (χ1n) is 8.85. The summed E-state index contributed by atoms with van der Waals surface area (Å²) in [5, 5.41) is 3.54. The third kappa shape index (κ3) is 3.67. The van der Waals surface area contributed by atoms with Crippen LogP contribution in [0, 0.1) is 0 Å². The van der Waals surface area contributed by atoms with Gasteiger partial charge in [0.15, 0.2) is 0 Å². The molecule has 24 heavy (non-hydrogen) atoms. The third-order valence-corrected chi connectivity index (χ3v) is 4.68. The molecule has 1 aromatic carbocycles. The summed E-state index contributed by atoms with van der Waals surface area (Å²) < 4.78 is 0. The molecule has 0 aliphatic carbocycles. The molecule has 0 spiro atoms. The van der Waals surface area contributed by atoms with Crippen molar-refractivity contribution in [3.05, 3.63) is 41.6 Å². The number of para-hydroxylation sites is 1. The second-order valence-corrected chi connectivity index (χ2v) is 6.32. The quantitative estimate of drug-likeness (QED) is 0.915. The van der Waals surface area contributed by atoms with Gasteiger partial charge in [-0.1, -0.05) is 32.0 Å². The van der Waals surface area contributed by atoms with Crippen LogP contribution in [0.25, 0.3) is 0 Å². The van der Waals surface area contributed by atoms with Crippen LogP contribution in [0.4, 0.5) is 17.5 Å². The first-order valence-corrected chi connectivity index (χ1v) is 8.85. The van der Waals surface area contributed by atoms with Gasteiger partial charge in [-0.05, 0) is 37.1 Å². The maximum atomic E-state index is 4.75. The van der Waals surface area contributed by atoms with Gasteiger partial charge < -0.3 is 15.1 Å². The number of rotatable bonds is 5. The predicted octanol–water partition coefficient (Wildman–Crippen LogP) is 3.10. The van der Waals surface area contributed by atoms with E-state index in [0.717, 1.165) is 50.8 Å². The smallest absolute Gasteiger partial charge is 0.227 e. The predicted molar refractivity (Wildman–Crippen MR) is 100 cm³/mol. The van der Waals surface area contributed by atoms with Crippen LogP contribution in [0.15, 0.2) is 30.5 Å². The molecule has 1 saturated heterocycles. The zero-order valence-corrected chi connectivity index (χ0v) is 14.9. The Balaban J connectivity index is 1.83. The molecule has 1 aliphatic heterocycles. The van der Waals surface area contributed by atoms with Gasteiger partial charge in [0.2, 0.25) is 5.95 Å². The van der Waals surface area contributed by atoms with E-state index in [-0.39, 0.29) is 0 Å². The van der Waals surface area contributed by atoms with Crippen molar-refractivity contribution in [1.82, 2.24) is 14.9 Å². The molecule has 0 atom stereocenters. The Morgan fingerprint density at radius 1 is 1.00 bits per heavy atom. The van der Waals surface area contributed by atoms with Gasteiger partial charge in [0.25, 0.3) is 0 Å². The molecule has 128 valence electrons. The molecular formula is C19H27N5. The summed E-state index contributed by atoms with van der Waals surface area (Å²) in [6, 6.07) is 8.46. The van der Waals surface area contributed by atoms with Crippen molar-refractivity contribution < 1.29 is 0 Å². The van der Waals surface area contributed by atoms with Gasteiger partial charge in [-0.3, -0.25) is 0 Å². The van der Waals surface area contributed by atoms with E-state index in [2.05, 4.69) is 59.2 Å². The summed E-state index contributed by atoms with van der Waals surface area (Å²) in [6.45, 7) is 8.45. The number of nitrogens with zero attached hydrogens (tertiary/aromatic N) is 4. The van der Waals surface area contributed by atoms with Gasteiger partial charge in [0.1, 0.15) is 5.82 Å². The topological polar surface area (TPSA) is 44.3 Å². The van der Waals surface area contributed by atoms with Gasteiger partial charge in [-0.25, -0.2) is 4.98 Å². The van der Waals surface area contributed by atoms with E-state index in [4.69, 9.17) is 4.98 Å². The molecule has 0 saturated carbocycles. The molecule has 2 heterocycles. The number of nitrogens with one attached hydrogen (secondary N) is 1. The van der Waals surface area contributed by atoms with Crippen LogP contribution in [-0.2, 0) is 12.8 Å². The highest BCUT2D eigenvalue weighted by Crippen LogP contribution is 2.26. The lowest BCUT2D eigenvalue weighted by molar-refractivity contribution is 0.311. The van der Waals surface area contributed by atoms with Crippen molar-refractivity contribution in [2.24, 2.45) is 0 Å². The minimum absolute atomic E-state index is 0.820. The Morgan fingerprint density at radius 2 is 1.67 bits per heavy atom. The molecular weight excluding hydrogens is 298 g/mol. The van der Waals surface area contributed by atoms with E-state index in [1.54, 1.807) is 0 Å². The standard InChI is InChI=1S/C19H27N5/c1-4-15-7-6-8-16(5-2)18(15)21-17-9-10-20-19(22-17)24-13-11-23(3)12-14-24/h6-10H,4-5,11-14H2,1-3H3,(H,20,21,22). The first-order chi connectivity index (χ1) is 11.7. The summed E-state index contributed by atoms with van der Waals surface area (Å²) in [6.07, 6.45) is 3.86. The minimum Gasteiger partial charge on any atom is -0.340 e. The average Bonchev–Trinajstić information content (AvgIpc) is 2.62. The SMILES string of the molecule is CCc1cccc(CC)c1Nc1ccnc(N2CCN(C)CC2)n1. The normalized spacial score (nSPS) is 15.5. The highest BCUT2D eigenvalue weighted by molar-refractivity contribution is 5.65. The molecule has 1 aromatic heterocycles. The second kappa shape index (κ2) is 7.62. The van der Waals surface area contributed by atoms with Crippen LogP contribution in [0.5, 0.6) is 0 Å². The molecule has 2 aromatic rings. The van der Waals surface area contributed by atoms with Gasteiger partial charge in [-0.2, -0.15) is 4.98 Å². The van der Waals surface area contributed by atoms with Crippen LogP contribution in [-0.4, -0.2) is 48.1 Å². The Hall–Kier alpha value is -2.14. The van der Waals surface area contributed by atoms with E-state index in [9.17, 15) is 0 Å². The summed E-state index contributed by atoms with van der Waals surface area (Å²) >= 11 is 0. The number of piperazine rings is 1. The number of anilines is 3. The molecule has 1 N–H and O–H groups in total. The zero-order valence-electron chi connectivity index (χ0n) is 14.9. The number of aromatic nitrogens is 2. The summed E-state index contributed by atoms with van der Waals surface area (Å²) in [7, 11) is 2.16. The maximum absolute atomic E-state index is 4.75. The Labute approximate surface area is 144 Å². The van der Waals surface area contributed by atoms with Crippen molar-refractivity contribution in [2.45, 2.75) is 26.7 Å². The number of benzene rings is 1. The monoisotopic (exact) mass is 325 g/mol. The number of likely N-dealkylation sites (N-methyl/N-ethyl adjacent to an activating group) is 1. The highest BCUT2D eigenvalue weighted by atomic mass is 15.3. The van der Waals surface area contributed by atoms with E-state index >= 15 is 0 Å². The van der Waals surface area contributed by atoms with Crippen molar-refractivity contribution in [3.63, 3.8) is 0 Å². The largest absolute Gasteiger partial charge is 0.340 e. The lowest BCUT2D eigenvalue weighted by atomic mass is 10.0. The lowest BCUT2D eigenvalue weighted by Crippen LogP contribution is -2.45. The molecule has 5 nitrogen and oxygen atoms in total. The van der Waals surface area contributed by atoms with Crippen molar-refractivity contribution in [2.75, 3.05) is 43.4 Å². The van der Waals surface area contributed by atoms with Gasteiger partial charge >= 0.3 is 0 Å². The Bertz CT molecular complexity index is 655. The fraction of sp³-hybridized carbons (Fsp3) is 0.474. The molecule has 0 radical (unpaired) electrons. The van der Waals surface area contributed by atoms with Gasteiger partial charge in [0, 0.05) is 38.1 Å². The van der Waals surface area contributed by atoms with E-state index in [0.29, 0.717) is 0 Å². The molecule has 1 aliphatic rings. The average molecular weight is 325 g/mol. The lowest BCUT2D eigenvalue weighted by Gasteiger charge is -2.32. The molecule has 3 rings (SSSR count). The summed E-state index contributed by atoms with van der Waals surface area (Å²) in [5.41, 5.74) is 3.86. The summed E-state index contributed by atoms with van der Waals surface area (Å²) in [4.78, 5) is 13.8. The Morgan fingerprint density at radius 3 is 2.29 bits per heavy atom. The van der Waals surface area contributed by atoms with Crippen LogP contribution >= 0.6 is 0 Å². The second-order valence-electron chi connectivity index (χ2n) is 6.32. The van der Waals surface area contributed by atoms with Crippen LogP contribution in [0.2, 0.25) is 0 Å². The first kappa shape index (κ1) is 16.7. The minimum atomic E-state index is 0.820. The van der Waals surface area contributed by atoms with E-state index in [1.807, 2.05) is 12.3 Å². The zero-order chi connectivity index (χ0) is 16.9. The summed E-state index contributed by atoms with van der Waals surface area (Å²) in [5.74, 6) is 1.69. The fourth-order valence-electron chi connectivity index (χ4n) is 3.11. The van der Waals surface area contributed by atoms with Crippen molar-refractivity contribution in [1.29, 1.82) is 0 Å². The Kier molecular flexibility index (Phi) is 5.30. The van der Waals surface area contributed by atoms with Gasteiger partial charge in [-0.15, -0.1) is 0 Å². The number of hydrogen-bond acceptors (Lipinski definition) is 5. The third-order valence-electron chi connectivity index (χ3n) is 4.68. The van der Waals surface area contributed by atoms with Crippen LogP contribution in [0.1, 0.15) is 25.0 Å².